The number of carbonyl (C=O) groups is 1. The molecular formula is C15H14BrN3O2. The van der Waals surface area contributed by atoms with E-state index in [2.05, 4.69) is 26.2 Å². The molecule has 1 aromatic heterocycles. The molecule has 0 saturated heterocycles. The second kappa shape index (κ2) is 5.44. The van der Waals surface area contributed by atoms with Gasteiger partial charge in [-0.25, -0.2) is 4.68 Å². The van der Waals surface area contributed by atoms with Crippen molar-refractivity contribution in [2.24, 2.45) is 5.16 Å². The number of carbonyl (C=O) groups excluding carboxylic acids is 1. The van der Waals surface area contributed by atoms with Crippen LogP contribution >= 0.6 is 15.9 Å². The molecule has 1 aromatic carbocycles. The molecule has 108 valence electrons. The zero-order valence-corrected chi connectivity index (χ0v) is 13.3. The summed E-state index contributed by atoms with van der Waals surface area (Å²) in [6.45, 7) is 3.71. The minimum atomic E-state index is -0.610. The highest BCUT2D eigenvalue weighted by Gasteiger charge is 2.31. The zero-order chi connectivity index (χ0) is 15.0. The van der Waals surface area contributed by atoms with Crippen molar-refractivity contribution >= 4 is 27.5 Å². The van der Waals surface area contributed by atoms with Crippen LogP contribution in [-0.4, -0.2) is 27.5 Å². The first-order chi connectivity index (χ1) is 10.0. The monoisotopic (exact) mass is 347 g/mol. The number of oxime groups is 1. The topological polar surface area (TPSA) is 56.5 Å². The van der Waals surface area contributed by atoms with E-state index in [1.807, 2.05) is 44.2 Å². The lowest BCUT2D eigenvalue weighted by Gasteiger charge is -2.08. The van der Waals surface area contributed by atoms with E-state index in [0.717, 1.165) is 27.1 Å². The summed E-state index contributed by atoms with van der Waals surface area (Å²) >= 11 is 3.39. The van der Waals surface area contributed by atoms with Crippen LogP contribution in [0.25, 0.3) is 0 Å². The van der Waals surface area contributed by atoms with Crippen molar-refractivity contribution in [3.63, 3.8) is 0 Å². The Morgan fingerprint density at radius 2 is 2.05 bits per heavy atom. The van der Waals surface area contributed by atoms with Gasteiger partial charge in [0.25, 0.3) is 5.91 Å². The molecule has 0 spiro atoms. The van der Waals surface area contributed by atoms with Crippen molar-refractivity contribution in [3.05, 3.63) is 51.8 Å². The molecule has 1 atom stereocenters. The quantitative estimate of drug-likeness (QED) is 0.838. The first-order valence-electron chi connectivity index (χ1n) is 6.61. The first kappa shape index (κ1) is 14.0. The largest absolute Gasteiger partial charge is 0.382 e. The number of hydrogen-bond donors (Lipinski definition) is 0. The standard InChI is InChI=1S/C15H14BrN3O2/c1-9-7-10(2)19(17-9)15(20)14-8-13(18-21-14)11-3-5-12(16)6-4-11/h3-7,14H,8H2,1-2H3/t14-/m1/s1. The summed E-state index contributed by atoms with van der Waals surface area (Å²) < 4.78 is 2.39. The van der Waals surface area contributed by atoms with Crippen LogP contribution in [0.5, 0.6) is 0 Å². The highest BCUT2D eigenvalue weighted by Crippen LogP contribution is 2.20. The fourth-order valence-corrected chi connectivity index (χ4v) is 2.58. The Kier molecular flexibility index (Phi) is 3.63. The van der Waals surface area contributed by atoms with Crippen molar-refractivity contribution in [2.75, 3.05) is 0 Å². The predicted molar refractivity (Wildman–Crippen MR) is 82.5 cm³/mol. The summed E-state index contributed by atoms with van der Waals surface area (Å²) in [7, 11) is 0. The second-order valence-corrected chi connectivity index (χ2v) is 5.94. The maximum absolute atomic E-state index is 12.4. The fourth-order valence-electron chi connectivity index (χ4n) is 2.31. The van der Waals surface area contributed by atoms with Gasteiger partial charge in [0.2, 0.25) is 6.10 Å². The number of rotatable bonds is 2. The smallest absolute Gasteiger partial charge is 0.291 e. The zero-order valence-electron chi connectivity index (χ0n) is 11.7. The average molecular weight is 348 g/mol. The van der Waals surface area contributed by atoms with Gasteiger partial charge >= 0.3 is 0 Å². The van der Waals surface area contributed by atoms with Gasteiger partial charge in [0.1, 0.15) is 0 Å². The van der Waals surface area contributed by atoms with Crippen molar-refractivity contribution < 1.29 is 9.63 Å². The molecular weight excluding hydrogens is 334 g/mol. The van der Waals surface area contributed by atoms with Crippen molar-refractivity contribution in [1.82, 2.24) is 9.78 Å². The number of nitrogens with zero attached hydrogens (tertiary/aromatic N) is 3. The highest BCUT2D eigenvalue weighted by atomic mass is 79.9. The van der Waals surface area contributed by atoms with Crippen LogP contribution in [0.3, 0.4) is 0 Å². The molecule has 0 radical (unpaired) electrons. The number of benzene rings is 1. The van der Waals surface area contributed by atoms with Crippen LogP contribution in [0.2, 0.25) is 0 Å². The average Bonchev–Trinajstić information content (AvgIpc) is 3.06. The number of halogens is 1. The van der Waals surface area contributed by atoms with Crippen LogP contribution in [0.4, 0.5) is 0 Å². The van der Waals surface area contributed by atoms with Gasteiger partial charge in [-0.3, -0.25) is 4.79 Å². The van der Waals surface area contributed by atoms with Crippen molar-refractivity contribution in [1.29, 1.82) is 0 Å². The van der Waals surface area contributed by atoms with E-state index in [0.29, 0.717) is 6.42 Å². The summed E-state index contributed by atoms with van der Waals surface area (Å²) in [4.78, 5) is 17.7. The van der Waals surface area contributed by atoms with Crippen molar-refractivity contribution in [3.8, 4) is 0 Å². The third kappa shape index (κ3) is 2.76. The van der Waals surface area contributed by atoms with Gasteiger partial charge in [-0.15, -0.1) is 0 Å². The van der Waals surface area contributed by atoms with E-state index >= 15 is 0 Å². The van der Waals surface area contributed by atoms with E-state index in [4.69, 9.17) is 4.84 Å². The molecule has 5 nitrogen and oxygen atoms in total. The summed E-state index contributed by atoms with van der Waals surface area (Å²) in [5.74, 6) is -0.184. The second-order valence-electron chi connectivity index (χ2n) is 5.02. The molecule has 0 aliphatic carbocycles. The lowest BCUT2D eigenvalue weighted by Crippen LogP contribution is -2.28. The Labute approximate surface area is 130 Å². The molecule has 0 fully saturated rings. The van der Waals surface area contributed by atoms with Gasteiger partial charge in [-0.1, -0.05) is 33.2 Å². The molecule has 1 aliphatic rings. The molecule has 0 amide bonds. The Morgan fingerprint density at radius 3 is 2.67 bits per heavy atom. The summed E-state index contributed by atoms with van der Waals surface area (Å²) in [5.41, 5.74) is 3.36. The SMILES string of the molecule is Cc1cc(C)n(C(=O)[C@H]2CC(c3ccc(Br)cc3)=NO2)n1. The van der Waals surface area contributed by atoms with Crippen LogP contribution in [0, 0.1) is 13.8 Å². The summed E-state index contributed by atoms with van der Waals surface area (Å²) in [6.07, 6.45) is -0.152. The van der Waals surface area contributed by atoms with Crippen molar-refractivity contribution in [2.45, 2.75) is 26.4 Å². The first-order valence-corrected chi connectivity index (χ1v) is 7.40. The maximum atomic E-state index is 12.4. The molecule has 2 aromatic rings. The van der Waals surface area contributed by atoms with E-state index in [1.165, 1.54) is 4.68 Å². The molecule has 0 unspecified atom stereocenters. The minimum absolute atomic E-state index is 0.184. The maximum Gasteiger partial charge on any atom is 0.291 e. The number of hydrogen-bond acceptors (Lipinski definition) is 4. The normalized spacial score (nSPS) is 17.5. The Bertz CT molecular complexity index is 719. The van der Waals surface area contributed by atoms with Gasteiger partial charge in [0.05, 0.1) is 11.4 Å². The summed E-state index contributed by atoms with van der Waals surface area (Å²) in [6, 6.07) is 9.64. The van der Waals surface area contributed by atoms with Crippen LogP contribution < -0.4 is 0 Å². The van der Waals surface area contributed by atoms with E-state index in [9.17, 15) is 4.79 Å². The minimum Gasteiger partial charge on any atom is -0.382 e. The third-order valence-electron chi connectivity index (χ3n) is 3.34. The highest BCUT2D eigenvalue weighted by molar-refractivity contribution is 9.10. The molecule has 3 rings (SSSR count). The van der Waals surface area contributed by atoms with E-state index < -0.39 is 6.10 Å². The van der Waals surface area contributed by atoms with Crippen LogP contribution in [0.1, 0.15) is 28.2 Å². The molecule has 21 heavy (non-hydrogen) atoms. The van der Waals surface area contributed by atoms with Crippen LogP contribution in [-0.2, 0) is 4.84 Å². The lowest BCUT2D eigenvalue weighted by molar-refractivity contribution is 0.0452. The van der Waals surface area contributed by atoms with Gasteiger partial charge in [-0.2, -0.15) is 5.10 Å². The molecule has 0 bridgehead atoms. The lowest BCUT2D eigenvalue weighted by atomic mass is 10.0. The van der Waals surface area contributed by atoms with E-state index in [1.54, 1.807) is 0 Å². The van der Waals surface area contributed by atoms with E-state index in [-0.39, 0.29) is 5.91 Å². The predicted octanol–water partition coefficient (Wildman–Crippen LogP) is 3.10. The number of aromatic nitrogens is 2. The molecule has 6 heteroatoms. The number of aryl methyl sites for hydroxylation is 2. The van der Waals surface area contributed by atoms with Crippen LogP contribution in [0.15, 0.2) is 40.0 Å². The van der Waals surface area contributed by atoms with Gasteiger partial charge in [-0.05, 0) is 37.6 Å². The van der Waals surface area contributed by atoms with Gasteiger partial charge in [0, 0.05) is 16.6 Å². The Morgan fingerprint density at radius 1 is 1.33 bits per heavy atom. The Balaban J connectivity index is 1.75. The van der Waals surface area contributed by atoms with Gasteiger partial charge < -0.3 is 4.84 Å². The molecule has 0 N–H and O–H groups in total. The molecule has 1 aliphatic heterocycles. The third-order valence-corrected chi connectivity index (χ3v) is 3.87. The Hall–Kier alpha value is -1.95. The summed E-state index contributed by atoms with van der Waals surface area (Å²) in [5, 5.41) is 8.23. The molecule has 0 saturated carbocycles. The molecule has 2 heterocycles. The van der Waals surface area contributed by atoms with Gasteiger partial charge in [0.15, 0.2) is 0 Å². The fraction of sp³-hybridized carbons (Fsp3) is 0.267.